The first-order valence-electron chi connectivity index (χ1n) is 8.79. The van der Waals surface area contributed by atoms with Crippen molar-refractivity contribution >= 4 is 39.8 Å². The fourth-order valence-corrected chi connectivity index (χ4v) is 7.11. The molecule has 4 heteroatoms. The number of rotatable bonds is 8. The van der Waals surface area contributed by atoms with E-state index in [1.807, 2.05) is 17.4 Å². The lowest BCUT2D eigenvalue weighted by atomic mass is 9.99. The minimum absolute atomic E-state index is 0.826. The largest absolute Gasteiger partial charge is 0.449 e. The lowest BCUT2D eigenvalue weighted by Gasteiger charge is -2.17. The molecular formula is C19H29BrOSSi. The second kappa shape index (κ2) is 8.17. The molecule has 0 amide bonds. The van der Waals surface area contributed by atoms with E-state index < -0.39 is 8.07 Å². The maximum Gasteiger partial charge on any atom is 0.169 e. The van der Waals surface area contributed by atoms with Crippen LogP contribution in [0.1, 0.15) is 50.7 Å². The van der Waals surface area contributed by atoms with Crippen LogP contribution in [0.15, 0.2) is 21.2 Å². The molecule has 0 saturated carbocycles. The van der Waals surface area contributed by atoms with Gasteiger partial charge in [0, 0.05) is 0 Å². The molecule has 0 atom stereocenters. The number of unbranched alkanes of at least 4 members (excludes halogenated alkanes) is 2. The summed E-state index contributed by atoms with van der Waals surface area (Å²) in [6.07, 6.45) is 7.46. The second-order valence-corrected chi connectivity index (χ2v) is 14.4. The summed E-state index contributed by atoms with van der Waals surface area (Å²) in [5, 5.41) is 0. The normalized spacial score (nSPS) is 12.1. The third-order valence-electron chi connectivity index (χ3n) is 4.16. The molecule has 2 heterocycles. The van der Waals surface area contributed by atoms with Crippen molar-refractivity contribution in [3.8, 4) is 10.6 Å². The Labute approximate surface area is 154 Å². The van der Waals surface area contributed by atoms with Crippen LogP contribution in [0.2, 0.25) is 19.6 Å². The van der Waals surface area contributed by atoms with Crippen molar-refractivity contribution in [2.45, 2.75) is 72.0 Å². The highest BCUT2D eigenvalue weighted by atomic mass is 79.9. The summed E-state index contributed by atoms with van der Waals surface area (Å²) in [5.41, 5.74) is 3.23. The summed E-state index contributed by atoms with van der Waals surface area (Å²) in [4.78, 5) is 1.38. The van der Waals surface area contributed by atoms with Gasteiger partial charge in [-0.1, -0.05) is 46.3 Å². The van der Waals surface area contributed by atoms with Crippen LogP contribution in [0.3, 0.4) is 0 Å². The Bertz CT molecular complexity index is 636. The van der Waals surface area contributed by atoms with E-state index in [0.29, 0.717) is 0 Å². The van der Waals surface area contributed by atoms with Crippen molar-refractivity contribution in [1.29, 1.82) is 0 Å². The van der Waals surface area contributed by atoms with Crippen LogP contribution in [0, 0.1) is 0 Å². The molecule has 0 unspecified atom stereocenters. The fourth-order valence-electron chi connectivity index (χ4n) is 2.98. The summed E-state index contributed by atoms with van der Waals surface area (Å²) in [5.74, 6) is 1.04. The molecule has 0 N–H and O–H groups in total. The van der Waals surface area contributed by atoms with Gasteiger partial charge in [-0.3, -0.25) is 0 Å². The van der Waals surface area contributed by atoms with Crippen LogP contribution in [0.25, 0.3) is 10.6 Å². The molecule has 0 aromatic carbocycles. The monoisotopic (exact) mass is 412 g/mol. The summed E-state index contributed by atoms with van der Waals surface area (Å²) < 4.78 is 8.42. The summed E-state index contributed by atoms with van der Waals surface area (Å²) in [6.45, 7) is 12.0. The summed E-state index contributed by atoms with van der Waals surface area (Å²) in [6, 6.07) is 4.13. The zero-order chi connectivity index (χ0) is 17.0. The Balaban J connectivity index is 2.57. The molecule has 23 heavy (non-hydrogen) atoms. The molecular weight excluding hydrogens is 384 g/mol. The van der Waals surface area contributed by atoms with Crippen molar-refractivity contribution < 1.29 is 4.42 Å². The van der Waals surface area contributed by atoms with Crippen LogP contribution in [-0.2, 0) is 12.8 Å². The molecule has 2 aromatic heterocycles. The lowest BCUT2D eigenvalue weighted by molar-refractivity contribution is 0.556. The number of hydrogen-bond donors (Lipinski definition) is 0. The molecule has 0 bridgehead atoms. The summed E-state index contributed by atoms with van der Waals surface area (Å²) in [7, 11) is -1.34. The van der Waals surface area contributed by atoms with E-state index in [2.05, 4.69) is 55.5 Å². The predicted octanol–water partition coefficient (Wildman–Crippen LogP) is 7.00. The van der Waals surface area contributed by atoms with Gasteiger partial charge in [-0.15, -0.1) is 11.3 Å². The zero-order valence-electron chi connectivity index (χ0n) is 15.1. The third kappa shape index (κ3) is 4.61. The Kier molecular flexibility index (Phi) is 6.75. The lowest BCUT2D eigenvalue weighted by Crippen LogP contribution is -2.37. The van der Waals surface area contributed by atoms with E-state index in [9.17, 15) is 0 Å². The van der Waals surface area contributed by atoms with E-state index in [1.165, 1.54) is 43.4 Å². The second-order valence-electron chi connectivity index (χ2n) is 7.28. The predicted molar refractivity (Wildman–Crippen MR) is 110 cm³/mol. The van der Waals surface area contributed by atoms with Crippen LogP contribution < -0.4 is 4.50 Å². The topological polar surface area (TPSA) is 13.1 Å². The quantitative estimate of drug-likeness (QED) is 0.425. The van der Waals surface area contributed by atoms with Crippen LogP contribution >= 0.6 is 27.3 Å². The average Bonchev–Trinajstić information content (AvgIpc) is 3.05. The molecule has 2 aromatic rings. The van der Waals surface area contributed by atoms with Crippen molar-refractivity contribution in [1.82, 2.24) is 0 Å². The van der Waals surface area contributed by atoms with E-state index in [4.69, 9.17) is 4.42 Å². The van der Waals surface area contributed by atoms with Gasteiger partial charge in [0.25, 0.3) is 0 Å². The van der Waals surface area contributed by atoms with Gasteiger partial charge in [0.2, 0.25) is 0 Å². The highest BCUT2D eigenvalue weighted by Gasteiger charge is 2.28. The average molecular weight is 413 g/mol. The first kappa shape index (κ1) is 19.0. The minimum Gasteiger partial charge on any atom is -0.449 e. The first-order valence-corrected chi connectivity index (χ1v) is 13.9. The number of thiophene rings is 1. The van der Waals surface area contributed by atoms with Crippen LogP contribution in [0.5, 0.6) is 0 Å². The highest BCUT2D eigenvalue weighted by molar-refractivity contribution is 9.10. The van der Waals surface area contributed by atoms with Crippen molar-refractivity contribution in [3.05, 3.63) is 27.9 Å². The van der Waals surface area contributed by atoms with Gasteiger partial charge in [-0.05, 0) is 69.4 Å². The smallest absolute Gasteiger partial charge is 0.169 e. The van der Waals surface area contributed by atoms with Gasteiger partial charge in [0.15, 0.2) is 4.67 Å². The van der Waals surface area contributed by atoms with Gasteiger partial charge >= 0.3 is 0 Å². The number of furan rings is 1. The minimum atomic E-state index is -1.34. The Morgan fingerprint density at radius 1 is 1.00 bits per heavy atom. The standard InChI is InChI=1S/C19H29BrOSSi/c1-6-8-10-14-15(11-9-7-2)19(23(3,4)5)22-18(14)16-12-13-17(20)21-16/h12-13H,6-11H2,1-5H3. The van der Waals surface area contributed by atoms with Crippen molar-refractivity contribution in [2.24, 2.45) is 0 Å². The fraction of sp³-hybridized carbons (Fsp3) is 0.579. The Hall–Kier alpha value is -0.323. The van der Waals surface area contributed by atoms with Gasteiger partial charge in [-0.2, -0.15) is 0 Å². The molecule has 0 aliphatic heterocycles. The molecule has 0 radical (unpaired) electrons. The van der Waals surface area contributed by atoms with Gasteiger partial charge < -0.3 is 4.42 Å². The van der Waals surface area contributed by atoms with Crippen molar-refractivity contribution in [3.63, 3.8) is 0 Å². The number of halogens is 1. The van der Waals surface area contributed by atoms with Gasteiger partial charge in [0.05, 0.1) is 13.0 Å². The van der Waals surface area contributed by atoms with Gasteiger partial charge in [-0.25, -0.2) is 0 Å². The van der Waals surface area contributed by atoms with Crippen LogP contribution in [0.4, 0.5) is 0 Å². The SMILES string of the molecule is CCCCc1c(-c2ccc(Br)o2)sc([Si](C)(C)C)c1CCCC. The maximum absolute atomic E-state index is 5.92. The van der Waals surface area contributed by atoms with Crippen LogP contribution in [-0.4, -0.2) is 8.07 Å². The molecule has 0 aliphatic carbocycles. The molecule has 0 saturated heterocycles. The van der Waals surface area contributed by atoms with E-state index in [0.717, 1.165) is 10.4 Å². The maximum atomic E-state index is 5.92. The molecule has 0 spiro atoms. The molecule has 0 fully saturated rings. The molecule has 0 aliphatic rings. The first-order chi connectivity index (χ1) is 10.9. The molecule has 128 valence electrons. The Morgan fingerprint density at radius 3 is 2.09 bits per heavy atom. The van der Waals surface area contributed by atoms with E-state index in [1.54, 1.807) is 15.6 Å². The summed E-state index contributed by atoms with van der Waals surface area (Å²) >= 11 is 5.47. The zero-order valence-corrected chi connectivity index (χ0v) is 18.5. The Morgan fingerprint density at radius 2 is 1.61 bits per heavy atom. The third-order valence-corrected chi connectivity index (χ3v) is 9.49. The van der Waals surface area contributed by atoms with Crippen molar-refractivity contribution in [2.75, 3.05) is 0 Å². The van der Waals surface area contributed by atoms with E-state index in [-0.39, 0.29) is 0 Å². The highest BCUT2D eigenvalue weighted by Crippen LogP contribution is 2.37. The molecule has 2 rings (SSSR count). The van der Waals surface area contributed by atoms with E-state index >= 15 is 0 Å². The molecule has 1 nitrogen and oxygen atoms in total. The number of hydrogen-bond acceptors (Lipinski definition) is 2. The van der Waals surface area contributed by atoms with Gasteiger partial charge in [0.1, 0.15) is 5.76 Å².